The van der Waals surface area contributed by atoms with Crippen molar-refractivity contribution in [3.8, 4) is 0 Å². The van der Waals surface area contributed by atoms with Gasteiger partial charge in [-0.25, -0.2) is 0 Å². The molecule has 0 aromatic heterocycles. The van der Waals surface area contributed by atoms with Gasteiger partial charge in [0.25, 0.3) is 0 Å². The molecule has 0 aromatic rings. The Morgan fingerprint density at radius 2 is 2.00 bits per heavy atom. The van der Waals surface area contributed by atoms with Gasteiger partial charge in [-0.1, -0.05) is 0 Å². The molecule has 17 heavy (non-hydrogen) atoms. The highest BCUT2D eigenvalue weighted by molar-refractivity contribution is 5.71. The molecule has 0 bridgehead atoms. The van der Waals surface area contributed by atoms with Gasteiger partial charge in [0.15, 0.2) is 5.79 Å². The van der Waals surface area contributed by atoms with Crippen LogP contribution in [0.15, 0.2) is 0 Å². The van der Waals surface area contributed by atoms with Gasteiger partial charge in [0.2, 0.25) is 0 Å². The Morgan fingerprint density at radius 3 is 2.41 bits per heavy atom. The summed E-state index contributed by atoms with van der Waals surface area (Å²) in [6.07, 6.45) is -1.19. The SMILES string of the molecule is CCOC(=O)CC1(O)CC(OC)(OC)CC1O. The number of rotatable bonds is 5. The normalized spacial score (nSPS) is 31.5. The number of methoxy groups -OCH3 is 2. The molecule has 0 aliphatic heterocycles. The minimum absolute atomic E-state index is 0.0347. The second-order valence-electron chi connectivity index (χ2n) is 4.30. The second kappa shape index (κ2) is 5.30. The highest BCUT2D eigenvalue weighted by atomic mass is 16.7. The van der Waals surface area contributed by atoms with E-state index >= 15 is 0 Å². The number of ether oxygens (including phenoxy) is 3. The molecule has 1 aliphatic carbocycles. The van der Waals surface area contributed by atoms with Crippen LogP contribution in [0.1, 0.15) is 26.2 Å². The van der Waals surface area contributed by atoms with Crippen LogP contribution < -0.4 is 0 Å². The van der Waals surface area contributed by atoms with Crippen molar-refractivity contribution < 1.29 is 29.2 Å². The number of esters is 1. The van der Waals surface area contributed by atoms with Gasteiger partial charge in [0.1, 0.15) is 5.60 Å². The number of aliphatic hydroxyl groups excluding tert-OH is 1. The van der Waals surface area contributed by atoms with E-state index in [1.807, 2.05) is 0 Å². The third kappa shape index (κ3) is 2.95. The number of hydrogen-bond acceptors (Lipinski definition) is 6. The molecule has 1 fully saturated rings. The predicted molar refractivity (Wildman–Crippen MR) is 58.2 cm³/mol. The third-order valence-corrected chi connectivity index (χ3v) is 3.20. The van der Waals surface area contributed by atoms with Crippen LogP contribution in [0.5, 0.6) is 0 Å². The van der Waals surface area contributed by atoms with Crippen LogP contribution in [0.3, 0.4) is 0 Å². The quantitative estimate of drug-likeness (QED) is 0.518. The molecule has 100 valence electrons. The van der Waals surface area contributed by atoms with Gasteiger partial charge in [-0.15, -0.1) is 0 Å². The van der Waals surface area contributed by atoms with Gasteiger partial charge in [-0.2, -0.15) is 0 Å². The maximum atomic E-state index is 11.4. The summed E-state index contributed by atoms with van der Waals surface area (Å²) in [6.45, 7) is 1.92. The fraction of sp³-hybridized carbons (Fsp3) is 0.909. The van der Waals surface area contributed by atoms with Gasteiger partial charge in [-0.3, -0.25) is 4.79 Å². The molecule has 0 amide bonds. The lowest BCUT2D eigenvalue weighted by atomic mass is 9.95. The minimum Gasteiger partial charge on any atom is -0.466 e. The minimum atomic E-state index is -1.56. The zero-order valence-electron chi connectivity index (χ0n) is 10.4. The lowest BCUT2D eigenvalue weighted by molar-refractivity contribution is -0.210. The molecular weight excluding hydrogens is 228 g/mol. The van der Waals surface area contributed by atoms with E-state index in [-0.39, 0.29) is 25.9 Å². The highest BCUT2D eigenvalue weighted by Crippen LogP contribution is 2.42. The van der Waals surface area contributed by atoms with Gasteiger partial charge in [0, 0.05) is 27.1 Å². The molecule has 2 unspecified atom stereocenters. The van der Waals surface area contributed by atoms with Crippen LogP contribution >= 0.6 is 0 Å². The zero-order chi connectivity index (χ0) is 13.1. The Kier molecular flexibility index (Phi) is 4.48. The summed E-state index contributed by atoms with van der Waals surface area (Å²) >= 11 is 0. The van der Waals surface area contributed by atoms with E-state index < -0.39 is 23.5 Å². The monoisotopic (exact) mass is 248 g/mol. The second-order valence-corrected chi connectivity index (χ2v) is 4.30. The molecular formula is C11H20O6. The first-order valence-electron chi connectivity index (χ1n) is 5.58. The molecule has 2 N–H and O–H groups in total. The van der Waals surface area contributed by atoms with E-state index in [0.29, 0.717) is 0 Å². The maximum absolute atomic E-state index is 11.4. The van der Waals surface area contributed by atoms with Crippen LogP contribution in [0.4, 0.5) is 0 Å². The average Bonchev–Trinajstić information content (AvgIpc) is 2.52. The molecule has 1 aliphatic rings. The van der Waals surface area contributed by atoms with Crippen molar-refractivity contribution in [2.24, 2.45) is 0 Å². The molecule has 0 radical (unpaired) electrons. The van der Waals surface area contributed by atoms with Crippen molar-refractivity contribution in [1.29, 1.82) is 0 Å². The maximum Gasteiger partial charge on any atom is 0.308 e. The zero-order valence-corrected chi connectivity index (χ0v) is 10.4. The van der Waals surface area contributed by atoms with Crippen molar-refractivity contribution in [2.75, 3.05) is 20.8 Å². The fourth-order valence-electron chi connectivity index (χ4n) is 2.18. The number of aliphatic hydroxyl groups is 2. The largest absolute Gasteiger partial charge is 0.466 e. The number of carbonyl (C=O) groups excluding carboxylic acids is 1. The van der Waals surface area contributed by atoms with Gasteiger partial charge >= 0.3 is 5.97 Å². The first kappa shape index (κ1) is 14.4. The number of hydrogen-bond donors (Lipinski definition) is 2. The van der Waals surface area contributed by atoms with Crippen molar-refractivity contribution >= 4 is 5.97 Å². The molecule has 2 atom stereocenters. The Morgan fingerprint density at radius 1 is 1.41 bits per heavy atom. The van der Waals surface area contributed by atoms with Gasteiger partial charge in [-0.05, 0) is 6.92 Å². The first-order chi connectivity index (χ1) is 7.91. The van der Waals surface area contributed by atoms with E-state index in [4.69, 9.17) is 14.2 Å². The van der Waals surface area contributed by atoms with E-state index in [1.165, 1.54) is 14.2 Å². The van der Waals surface area contributed by atoms with Crippen molar-refractivity contribution in [1.82, 2.24) is 0 Å². The van der Waals surface area contributed by atoms with Crippen molar-refractivity contribution in [3.05, 3.63) is 0 Å². The van der Waals surface area contributed by atoms with Crippen LogP contribution in [-0.4, -0.2) is 54.5 Å². The smallest absolute Gasteiger partial charge is 0.308 e. The van der Waals surface area contributed by atoms with Crippen LogP contribution in [0, 0.1) is 0 Å². The van der Waals surface area contributed by atoms with Crippen molar-refractivity contribution in [2.45, 2.75) is 43.7 Å². The lowest BCUT2D eigenvalue weighted by Crippen LogP contribution is -2.41. The van der Waals surface area contributed by atoms with E-state index in [0.717, 1.165) is 0 Å². The number of carbonyl (C=O) groups is 1. The van der Waals surface area contributed by atoms with Crippen molar-refractivity contribution in [3.63, 3.8) is 0 Å². The van der Waals surface area contributed by atoms with Crippen LogP contribution in [0.2, 0.25) is 0 Å². The Balaban J connectivity index is 2.73. The van der Waals surface area contributed by atoms with E-state index in [2.05, 4.69) is 0 Å². The summed E-state index contributed by atoms with van der Waals surface area (Å²) in [5.74, 6) is -1.59. The average molecular weight is 248 g/mol. The fourth-order valence-corrected chi connectivity index (χ4v) is 2.18. The third-order valence-electron chi connectivity index (χ3n) is 3.20. The summed E-state index contributed by atoms with van der Waals surface area (Å²) in [7, 11) is 2.87. The summed E-state index contributed by atoms with van der Waals surface area (Å²) in [4.78, 5) is 11.4. The summed E-state index contributed by atoms with van der Waals surface area (Å²) in [5.41, 5.74) is -1.56. The van der Waals surface area contributed by atoms with Gasteiger partial charge in [0.05, 0.1) is 19.1 Å². The van der Waals surface area contributed by atoms with Crippen LogP contribution in [-0.2, 0) is 19.0 Å². The Bertz CT molecular complexity index is 275. The molecule has 0 spiro atoms. The molecule has 6 heteroatoms. The standard InChI is InChI=1S/C11H20O6/c1-4-17-9(13)6-10(14)7-11(15-2,16-3)5-8(10)12/h8,12,14H,4-7H2,1-3H3. The molecule has 1 saturated carbocycles. The predicted octanol–water partition coefficient (Wildman–Crippen LogP) is -0.186. The molecule has 0 saturated heterocycles. The Hall–Kier alpha value is -0.690. The van der Waals surface area contributed by atoms with Crippen LogP contribution in [0.25, 0.3) is 0 Å². The lowest BCUT2D eigenvalue weighted by Gasteiger charge is -2.28. The summed E-state index contributed by atoms with van der Waals surface area (Å²) < 4.78 is 15.1. The summed E-state index contributed by atoms with van der Waals surface area (Å²) in [6, 6.07) is 0. The molecule has 0 heterocycles. The van der Waals surface area contributed by atoms with E-state index in [1.54, 1.807) is 6.92 Å². The highest BCUT2D eigenvalue weighted by Gasteiger charge is 2.55. The topological polar surface area (TPSA) is 85.2 Å². The molecule has 1 rings (SSSR count). The van der Waals surface area contributed by atoms with E-state index in [9.17, 15) is 15.0 Å². The summed E-state index contributed by atoms with van der Waals surface area (Å²) in [5, 5.41) is 20.1. The molecule has 6 nitrogen and oxygen atoms in total. The first-order valence-corrected chi connectivity index (χ1v) is 5.58. The Labute approximate surface area is 100 Å². The van der Waals surface area contributed by atoms with Gasteiger partial charge < -0.3 is 24.4 Å². The molecule has 0 aromatic carbocycles.